The quantitative estimate of drug-likeness (QED) is 0.609. The predicted molar refractivity (Wildman–Crippen MR) is 125 cm³/mol. The summed E-state index contributed by atoms with van der Waals surface area (Å²) in [5, 5.41) is 4.68. The predicted octanol–water partition coefficient (Wildman–Crippen LogP) is 3.99. The van der Waals surface area contributed by atoms with E-state index in [4.69, 9.17) is 0 Å². The fraction of sp³-hybridized carbons (Fsp3) is 0.750. The highest BCUT2D eigenvalue weighted by Gasteiger charge is 2.57. The van der Waals surface area contributed by atoms with Crippen LogP contribution in [0.4, 0.5) is 18.0 Å². The highest BCUT2D eigenvalue weighted by Crippen LogP contribution is 2.54. The molecule has 8 nitrogen and oxygen atoms in total. The molecule has 5 heterocycles. The summed E-state index contributed by atoms with van der Waals surface area (Å²) >= 11 is 0.525. The Morgan fingerprint density at radius 3 is 2.33 bits per heavy atom. The first-order valence-corrected chi connectivity index (χ1v) is 13.7. The van der Waals surface area contributed by atoms with E-state index in [9.17, 15) is 18.0 Å². The number of hydrogen-bond acceptors (Lipinski definition) is 6. The Bertz CT molecular complexity index is 1140. The van der Waals surface area contributed by atoms with E-state index in [0.717, 1.165) is 70.8 Å². The second-order valence-electron chi connectivity index (χ2n) is 11.9. The Balaban J connectivity index is 0.843. The van der Waals surface area contributed by atoms with Crippen LogP contribution < -0.4 is 0 Å². The lowest BCUT2D eigenvalue weighted by Gasteiger charge is -2.61. The topological polar surface area (TPSA) is 70.4 Å². The smallest absolute Gasteiger partial charge is 0.323 e. The average molecular weight is 522 g/mol. The number of piperidine rings is 1. The summed E-state index contributed by atoms with van der Waals surface area (Å²) < 4.78 is 44.5. The molecule has 5 aliphatic rings. The van der Waals surface area contributed by atoms with Crippen molar-refractivity contribution in [3.63, 3.8) is 0 Å². The first-order chi connectivity index (χ1) is 17.2. The van der Waals surface area contributed by atoms with Crippen molar-refractivity contribution in [2.75, 3.05) is 39.3 Å². The summed E-state index contributed by atoms with van der Waals surface area (Å²) in [5.41, 5.74) is 0.925. The number of likely N-dealkylation sites (tertiary alicyclic amines) is 3. The van der Waals surface area contributed by atoms with Gasteiger partial charge in [-0.2, -0.15) is 22.6 Å². The Morgan fingerprint density at radius 1 is 1.06 bits per heavy atom. The number of carbonyl (C=O) groups is 1. The molecule has 2 amide bonds. The lowest BCUT2D eigenvalue weighted by Crippen LogP contribution is -2.70. The van der Waals surface area contributed by atoms with Gasteiger partial charge < -0.3 is 9.80 Å². The fourth-order valence-corrected chi connectivity index (χ4v) is 7.24. The van der Waals surface area contributed by atoms with E-state index in [2.05, 4.69) is 19.4 Å². The summed E-state index contributed by atoms with van der Waals surface area (Å²) in [4.78, 5) is 23.0. The van der Waals surface area contributed by atoms with Crippen molar-refractivity contribution in [1.29, 1.82) is 0 Å². The second-order valence-corrected chi connectivity index (χ2v) is 12.7. The van der Waals surface area contributed by atoms with Crippen molar-refractivity contribution in [3.8, 4) is 0 Å². The largest absolute Gasteiger partial charge is 0.427 e. The van der Waals surface area contributed by atoms with Gasteiger partial charge in [-0.15, -0.1) is 0 Å². The molecule has 0 aromatic carbocycles. The summed E-state index contributed by atoms with van der Waals surface area (Å²) in [7, 11) is 0. The molecule has 5 fully saturated rings. The maximum atomic E-state index is 13.0. The number of urea groups is 1. The van der Waals surface area contributed by atoms with Gasteiger partial charge in [0, 0.05) is 49.5 Å². The van der Waals surface area contributed by atoms with Crippen LogP contribution in [0.2, 0.25) is 0 Å². The molecule has 0 bridgehead atoms. The zero-order chi connectivity index (χ0) is 24.7. The van der Waals surface area contributed by atoms with E-state index in [-0.39, 0.29) is 16.9 Å². The normalized spacial score (nSPS) is 25.6. The van der Waals surface area contributed by atoms with Gasteiger partial charge in [0.25, 0.3) is 0 Å². The summed E-state index contributed by atoms with van der Waals surface area (Å²) in [6.07, 6.45) is 4.08. The number of carbonyl (C=O) groups excluding carboxylic acids is 1. The van der Waals surface area contributed by atoms with Crippen LogP contribution in [-0.4, -0.2) is 79.1 Å². The van der Waals surface area contributed by atoms with Crippen LogP contribution in [0.5, 0.6) is 0 Å². The van der Waals surface area contributed by atoms with Crippen LogP contribution in [0.25, 0.3) is 0 Å². The third-order valence-corrected chi connectivity index (χ3v) is 9.84. The minimum Gasteiger partial charge on any atom is -0.323 e. The molecule has 7 rings (SSSR count). The number of nitrogens with zero attached hydrogens (tertiary/aromatic N) is 7. The standard InChI is InChI=1S/C24H30F3N7OS/c25-24(26,27)19-7-17(30-36-19)10-31-5-3-22(4-6-31)11-32(12-22)21(35)33-13-23(14-33)8-18(9-23)34-15-28-20(29-34)16-1-2-16/h7,15-16,18H,1-6,8-14H2. The number of amides is 2. The second kappa shape index (κ2) is 7.89. The van der Waals surface area contributed by atoms with Gasteiger partial charge in [-0.3, -0.25) is 4.90 Å². The van der Waals surface area contributed by atoms with Gasteiger partial charge in [0.2, 0.25) is 0 Å². The molecule has 2 aliphatic carbocycles. The van der Waals surface area contributed by atoms with Crippen LogP contribution in [0.15, 0.2) is 12.4 Å². The van der Waals surface area contributed by atoms with E-state index < -0.39 is 11.1 Å². The van der Waals surface area contributed by atoms with Crippen LogP contribution in [0.3, 0.4) is 0 Å². The molecule has 194 valence electrons. The van der Waals surface area contributed by atoms with Gasteiger partial charge >= 0.3 is 12.2 Å². The monoisotopic (exact) mass is 521 g/mol. The zero-order valence-electron chi connectivity index (χ0n) is 20.1. The van der Waals surface area contributed by atoms with E-state index in [1.165, 1.54) is 18.9 Å². The van der Waals surface area contributed by atoms with E-state index in [0.29, 0.717) is 35.7 Å². The van der Waals surface area contributed by atoms with Gasteiger partial charge in [0.15, 0.2) is 5.82 Å². The molecule has 2 aromatic rings. The third kappa shape index (κ3) is 4.00. The number of halogens is 3. The van der Waals surface area contributed by atoms with Crippen LogP contribution in [-0.2, 0) is 12.7 Å². The van der Waals surface area contributed by atoms with Gasteiger partial charge in [-0.05, 0) is 69.2 Å². The molecule has 36 heavy (non-hydrogen) atoms. The Kier molecular flexibility index (Phi) is 5.03. The lowest BCUT2D eigenvalue weighted by atomic mass is 9.60. The SMILES string of the molecule is O=C(N1CC2(CCN(Cc3cc(C(F)(F)F)sn3)CC2)C1)N1CC2(CC(n3cnc(C4CC4)n3)C2)C1. The molecule has 3 saturated heterocycles. The van der Waals surface area contributed by atoms with Crippen molar-refractivity contribution in [1.82, 2.24) is 33.8 Å². The number of aromatic nitrogens is 4. The van der Waals surface area contributed by atoms with Crippen molar-refractivity contribution >= 4 is 17.6 Å². The minimum atomic E-state index is -4.32. The van der Waals surface area contributed by atoms with Gasteiger partial charge in [-0.25, -0.2) is 14.5 Å². The van der Waals surface area contributed by atoms with E-state index in [1.807, 2.05) is 20.8 Å². The number of hydrogen-bond donors (Lipinski definition) is 0. The van der Waals surface area contributed by atoms with Crippen molar-refractivity contribution in [2.45, 2.75) is 63.2 Å². The molecule has 0 N–H and O–H groups in total. The fourth-order valence-electron chi connectivity index (χ4n) is 6.63. The highest BCUT2D eigenvalue weighted by atomic mass is 32.1. The minimum absolute atomic E-state index is 0.163. The Morgan fingerprint density at radius 2 is 1.72 bits per heavy atom. The Labute approximate surface area is 211 Å². The molecule has 12 heteroatoms. The van der Waals surface area contributed by atoms with Crippen LogP contribution in [0, 0.1) is 10.8 Å². The van der Waals surface area contributed by atoms with Crippen molar-refractivity contribution in [3.05, 3.63) is 28.8 Å². The number of rotatable bonds is 4. The zero-order valence-corrected chi connectivity index (χ0v) is 20.9. The first kappa shape index (κ1) is 22.9. The van der Waals surface area contributed by atoms with E-state index in [1.54, 1.807) is 0 Å². The van der Waals surface area contributed by atoms with Crippen molar-refractivity contribution < 1.29 is 18.0 Å². The maximum absolute atomic E-state index is 13.0. The summed E-state index contributed by atoms with van der Waals surface area (Å²) in [5.74, 6) is 1.58. The average Bonchev–Trinajstić information content (AvgIpc) is 3.29. The van der Waals surface area contributed by atoms with E-state index >= 15 is 0 Å². The number of alkyl halides is 3. The van der Waals surface area contributed by atoms with Gasteiger partial charge in [0.05, 0.1) is 11.7 Å². The molecule has 0 radical (unpaired) electrons. The molecule has 0 unspecified atom stereocenters. The molecular formula is C24H30F3N7OS. The highest BCUT2D eigenvalue weighted by molar-refractivity contribution is 7.05. The molecule has 2 aromatic heterocycles. The molecule has 0 atom stereocenters. The van der Waals surface area contributed by atoms with Crippen LogP contribution >= 0.6 is 11.5 Å². The summed E-state index contributed by atoms with van der Waals surface area (Å²) in [6.45, 7) is 5.40. The molecule has 2 saturated carbocycles. The summed E-state index contributed by atoms with van der Waals surface area (Å²) in [6, 6.07) is 1.75. The van der Waals surface area contributed by atoms with Gasteiger partial charge in [0.1, 0.15) is 11.2 Å². The maximum Gasteiger partial charge on any atom is 0.427 e. The molecule has 2 spiro atoms. The van der Waals surface area contributed by atoms with Crippen LogP contribution in [0.1, 0.15) is 66.9 Å². The van der Waals surface area contributed by atoms with Gasteiger partial charge in [-0.1, -0.05) is 0 Å². The molecule has 3 aliphatic heterocycles. The lowest BCUT2D eigenvalue weighted by molar-refractivity contribution is -0.134. The first-order valence-electron chi connectivity index (χ1n) is 12.9. The third-order valence-electron chi connectivity index (χ3n) is 8.97. The molecular weight excluding hydrogens is 491 g/mol. The Hall–Kier alpha value is -2.21. The van der Waals surface area contributed by atoms with Crippen molar-refractivity contribution in [2.24, 2.45) is 10.8 Å².